The quantitative estimate of drug-likeness (QED) is 0.332. The van der Waals surface area contributed by atoms with E-state index >= 15 is 0 Å². The van der Waals surface area contributed by atoms with Gasteiger partial charge in [0.25, 0.3) is 0 Å². The Bertz CT molecular complexity index is 1180. The number of aryl methyl sites for hydroxylation is 1. The van der Waals surface area contributed by atoms with Crippen molar-refractivity contribution in [2.24, 2.45) is 0 Å². The second-order valence-corrected chi connectivity index (χ2v) is 8.51. The van der Waals surface area contributed by atoms with Gasteiger partial charge in [-0.3, -0.25) is 4.79 Å². The van der Waals surface area contributed by atoms with Crippen molar-refractivity contribution < 1.29 is 9.53 Å². The lowest BCUT2D eigenvalue weighted by molar-refractivity contribution is -0.120. The molecule has 4 aromatic carbocycles. The van der Waals surface area contributed by atoms with E-state index in [1.54, 1.807) is 7.11 Å². The Kier molecular flexibility index (Phi) is 6.81. The summed E-state index contributed by atoms with van der Waals surface area (Å²) < 4.78 is 5.33. The summed E-state index contributed by atoms with van der Waals surface area (Å²) in [7, 11) is 1.63. The van der Waals surface area contributed by atoms with Crippen LogP contribution in [0, 0.1) is 6.92 Å². The van der Waals surface area contributed by atoms with E-state index in [-0.39, 0.29) is 5.91 Å². The number of anilines is 1. The lowest BCUT2D eigenvalue weighted by Crippen LogP contribution is -2.43. The number of hydrogen-bond acceptors (Lipinski definition) is 2. The fraction of sp³-hybridized carbons (Fsp3) is 0.138. The van der Waals surface area contributed by atoms with Gasteiger partial charge in [0.15, 0.2) is 0 Å². The van der Waals surface area contributed by atoms with Crippen molar-refractivity contribution in [1.29, 1.82) is 0 Å². The summed E-state index contributed by atoms with van der Waals surface area (Å²) in [6.07, 6.45) is 0.485. The maximum Gasteiger partial charge on any atom is 0.239 e. The van der Waals surface area contributed by atoms with Crippen molar-refractivity contribution in [3.63, 3.8) is 0 Å². The van der Waals surface area contributed by atoms with Gasteiger partial charge in [0.2, 0.25) is 5.91 Å². The molecule has 0 aliphatic carbocycles. The van der Waals surface area contributed by atoms with E-state index in [2.05, 4.69) is 5.32 Å². The number of amides is 1. The van der Waals surface area contributed by atoms with Crippen molar-refractivity contribution in [2.45, 2.75) is 18.8 Å². The zero-order valence-electron chi connectivity index (χ0n) is 18.7. The van der Waals surface area contributed by atoms with Crippen molar-refractivity contribution in [3.05, 3.63) is 130 Å². The van der Waals surface area contributed by atoms with Crippen molar-refractivity contribution in [2.75, 3.05) is 12.4 Å². The van der Waals surface area contributed by atoms with Crippen LogP contribution in [0.4, 0.5) is 5.69 Å². The molecule has 4 rings (SSSR count). The van der Waals surface area contributed by atoms with Crippen LogP contribution in [0.15, 0.2) is 103 Å². The molecule has 4 aromatic rings. The predicted octanol–water partition coefficient (Wildman–Crippen LogP) is 6.82. The number of hydrogen-bond donors (Lipinski definition) is 1. The standard InChI is InChI=1S/C29H26ClNO2/c1-21-19-26(33-2)17-18-27(21)31-28(32)29(23-9-5-3-6-10-23,24-11-7-4-8-12-24)20-22-13-15-25(30)16-14-22/h3-19H,20H2,1-2H3,(H,31,32). The van der Waals surface area contributed by atoms with Gasteiger partial charge >= 0.3 is 0 Å². The largest absolute Gasteiger partial charge is 0.497 e. The Hall–Kier alpha value is -3.56. The zero-order valence-corrected chi connectivity index (χ0v) is 19.5. The molecule has 0 aromatic heterocycles. The molecular formula is C29H26ClNO2. The van der Waals surface area contributed by atoms with Crippen LogP contribution >= 0.6 is 11.6 Å². The molecular weight excluding hydrogens is 430 g/mol. The van der Waals surface area contributed by atoms with Crippen LogP contribution in [-0.2, 0) is 16.6 Å². The van der Waals surface area contributed by atoms with Gasteiger partial charge < -0.3 is 10.1 Å². The summed E-state index contributed by atoms with van der Waals surface area (Å²) in [5.74, 6) is 0.659. The molecule has 0 aliphatic heterocycles. The maximum absolute atomic E-state index is 14.2. The van der Waals surface area contributed by atoms with E-state index in [1.807, 2.05) is 110 Å². The van der Waals surface area contributed by atoms with Gasteiger partial charge in [-0.25, -0.2) is 0 Å². The molecule has 1 N–H and O–H groups in total. The Labute approximate surface area is 200 Å². The minimum absolute atomic E-state index is 0.0943. The number of benzene rings is 4. The topological polar surface area (TPSA) is 38.3 Å². The van der Waals surface area contributed by atoms with E-state index in [9.17, 15) is 4.79 Å². The third-order valence-corrected chi connectivity index (χ3v) is 6.24. The molecule has 0 heterocycles. The molecule has 1 amide bonds. The van der Waals surface area contributed by atoms with E-state index in [0.717, 1.165) is 33.7 Å². The molecule has 0 saturated heterocycles. The average Bonchev–Trinajstić information content (AvgIpc) is 2.86. The minimum atomic E-state index is -0.942. The highest BCUT2D eigenvalue weighted by molar-refractivity contribution is 6.30. The second kappa shape index (κ2) is 9.93. The molecule has 0 fully saturated rings. The van der Waals surface area contributed by atoms with Crippen molar-refractivity contribution >= 4 is 23.2 Å². The number of rotatable bonds is 7. The molecule has 0 bridgehead atoms. The van der Waals surface area contributed by atoms with E-state index < -0.39 is 5.41 Å². The monoisotopic (exact) mass is 455 g/mol. The average molecular weight is 456 g/mol. The Morgan fingerprint density at radius 3 is 1.94 bits per heavy atom. The summed E-state index contributed by atoms with van der Waals surface area (Å²) in [4.78, 5) is 14.2. The summed E-state index contributed by atoms with van der Waals surface area (Å²) >= 11 is 6.14. The number of methoxy groups -OCH3 is 1. The van der Waals surface area contributed by atoms with Gasteiger partial charge in [0.05, 0.1) is 7.11 Å². The molecule has 0 spiro atoms. The third kappa shape index (κ3) is 4.79. The number of carbonyl (C=O) groups is 1. The number of nitrogens with one attached hydrogen (secondary N) is 1. The highest BCUT2D eigenvalue weighted by atomic mass is 35.5. The number of halogens is 1. The minimum Gasteiger partial charge on any atom is -0.497 e. The first-order valence-electron chi connectivity index (χ1n) is 10.8. The van der Waals surface area contributed by atoms with Crippen molar-refractivity contribution in [3.8, 4) is 5.75 Å². The normalized spacial score (nSPS) is 11.1. The highest BCUT2D eigenvalue weighted by Crippen LogP contribution is 2.38. The summed E-state index contributed by atoms with van der Waals surface area (Å²) in [5.41, 5.74) is 3.62. The van der Waals surface area contributed by atoms with Crippen LogP contribution in [0.5, 0.6) is 5.75 Å². The maximum atomic E-state index is 14.2. The SMILES string of the molecule is COc1ccc(NC(=O)C(Cc2ccc(Cl)cc2)(c2ccccc2)c2ccccc2)c(C)c1. The molecule has 0 unspecified atom stereocenters. The molecule has 0 aliphatic rings. The Balaban J connectivity index is 1.86. The molecule has 0 atom stereocenters. The van der Waals surface area contributed by atoms with Gasteiger partial charge in [-0.2, -0.15) is 0 Å². The number of carbonyl (C=O) groups excluding carboxylic acids is 1. The first-order valence-corrected chi connectivity index (χ1v) is 11.2. The first-order chi connectivity index (χ1) is 16.0. The van der Waals surface area contributed by atoms with Crippen LogP contribution in [0.25, 0.3) is 0 Å². The van der Waals surface area contributed by atoms with Crippen LogP contribution in [0.2, 0.25) is 5.02 Å². The van der Waals surface area contributed by atoms with E-state index in [1.165, 1.54) is 0 Å². The van der Waals surface area contributed by atoms with Crippen LogP contribution in [0.3, 0.4) is 0 Å². The van der Waals surface area contributed by atoms with Gasteiger partial charge in [0.1, 0.15) is 11.2 Å². The second-order valence-electron chi connectivity index (χ2n) is 8.08. The summed E-state index contributed by atoms with van der Waals surface area (Å²) in [6, 6.07) is 33.2. The molecule has 0 saturated carbocycles. The van der Waals surface area contributed by atoms with Crippen LogP contribution in [-0.4, -0.2) is 13.0 Å². The third-order valence-electron chi connectivity index (χ3n) is 5.99. The zero-order chi connectivity index (χ0) is 23.3. The fourth-order valence-electron chi connectivity index (χ4n) is 4.20. The van der Waals surface area contributed by atoms with Gasteiger partial charge in [-0.05, 0) is 65.9 Å². The van der Waals surface area contributed by atoms with Crippen LogP contribution in [0.1, 0.15) is 22.3 Å². The highest BCUT2D eigenvalue weighted by Gasteiger charge is 2.42. The predicted molar refractivity (Wildman–Crippen MR) is 135 cm³/mol. The Morgan fingerprint density at radius 1 is 0.848 bits per heavy atom. The lowest BCUT2D eigenvalue weighted by Gasteiger charge is -2.34. The lowest BCUT2D eigenvalue weighted by atomic mass is 9.69. The molecule has 4 heteroatoms. The fourth-order valence-corrected chi connectivity index (χ4v) is 4.33. The van der Waals surface area contributed by atoms with Gasteiger partial charge in [-0.15, -0.1) is 0 Å². The van der Waals surface area contributed by atoms with Crippen molar-refractivity contribution in [1.82, 2.24) is 0 Å². The molecule has 3 nitrogen and oxygen atoms in total. The Morgan fingerprint density at radius 2 is 1.42 bits per heavy atom. The van der Waals surface area contributed by atoms with E-state index in [0.29, 0.717) is 11.4 Å². The smallest absolute Gasteiger partial charge is 0.239 e. The van der Waals surface area contributed by atoms with Gasteiger partial charge in [0, 0.05) is 10.7 Å². The van der Waals surface area contributed by atoms with E-state index in [4.69, 9.17) is 16.3 Å². The van der Waals surface area contributed by atoms with Crippen LogP contribution < -0.4 is 10.1 Å². The van der Waals surface area contributed by atoms with Gasteiger partial charge in [-0.1, -0.05) is 84.4 Å². The first kappa shape index (κ1) is 22.6. The molecule has 33 heavy (non-hydrogen) atoms. The molecule has 166 valence electrons. The number of ether oxygens (including phenoxy) is 1. The summed E-state index contributed by atoms with van der Waals surface area (Å²) in [5, 5.41) is 3.88. The molecule has 0 radical (unpaired) electrons. The summed E-state index contributed by atoms with van der Waals surface area (Å²) in [6.45, 7) is 1.96.